The maximum Gasteiger partial charge on any atom is 0.255 e. The van der Waals surface area contributed by atoms with E-state index in [9.17, 15) is 4.79 Å². The summed E-state index contributed by atoms with van der Waals surface area (Å²) in [5.74, 6) is 0.656. The van der Waals surface area contributed by atoms with Crippen molar-refractivity contribution in [1.29, 1.82) is 0 Å². The third-order valence-corrected chi connectivity index (χ3v) is 5.69. The van der Waals surface area contributed by atoms with Crippen LogP contribution in [-0.2, 0) is 6.54 Å². The topological polar surface area (TPSA) is 46.0 Å². The van der Waals surface area contributed by atoms with E-state index in [0.717, 1.165) is 44.2 Å². The number of anilines is 2. The molecule has 160 valence electrons. The molecule has 1 aliphatic heterocycles. The number of amides is 1. The summed E-state index contributed by atoms with van der Waals surface area (Å²) < 4.78 is 5.43. The highest BCUT2D eigenvalue weighted by atomic mass is 16.5. The molecular formula is C26H30N3O2+. The van der Waals surface area contributed by atoms with Gasteiger partial charge in [0.1, 0.15) is 12.3 Å². The number of nitrogens with one attached hydrogen (secondary N) is 2. The predicted molar refractivity (Wildman–Crippen MR) is 125 cm³/mol. The lowest BCUT2D eigenvalue weighted by Crippen LogP contribution is -3.13. The van der Waals surface area contributed by atoms with Gasteiger partial charge in [0.25, 0.3) is 5.91 Å². The van der Waals surface area contributed by atoms with Crippen molar-refractivity contribution in [3.05, 3.63) is 90.0 Å². The Balaban J connectivity index is 1.29. The second kappa shape index (κ2) is 10.1. The molecule has 1 aliphatic rings. The van der Waals surface area contributed by atoms with E-state index in [-0.39, 0.29) is 5.91 Å². The van der Waals surface area contributed by atoms with E-state index in [0.29, 0.717) is 12.2 Å². The summed E-state index contributed by atoms with van der Waals surface area (Å²) in [4.78, 5) is 16.5. The van der Waals surface area contributed by atoms with Crippen molar-refractivity contribution in [2.75, 3.05) is 43.0 Å². The second-order valence-electron chi connectivity index (χ2n) is 7.86. The smallest absolute Gasteiger partial charge is 0.255 e. The molecule has 0 bridgehead atoms. The lowest BCUT2D eigenvalue weighted by atomic mass is 10.1. The molecule has 2 N–H and O–H groups in total. The molecule has 31 heavy (non-hydrogen) atoms. The van der Waals surface area contributed by atoms with Crippen LogP contribution >= 0.6 is 0 Å². The quantitative estimate of drug-likeness (QED) is 0.622. The highest BCUT2D eigenvalue weighted by Gasteiger charge is 2.20. The third kappa shape index (κ3) is 5.64. The zero-order valence-electron chi connectivity index (χ0n) is 18.0. The van der Waals surface area contributed by atoms with Crippen LogP contribution in [0, 0.1) is 0 Å². The summed E-state index contributed by atoms with van der Waals surface area (Å²) in [7, 11) is 0. The minimum atomic E-state index is -0.117. The van der Waals surface area contributed by atoms with E-state index in [1.165, 1.54) is 11.3 Å². The molecular weight excluding hydrogens is 386 g/mol. The van der Waals surface area contributed by atoms with Gasteiger partial charge in [-0.3, -0.25) is 4.79 Å². The minimum absolute atomic E-state index is 0.117. The molecule has 5 nitrogen and oxygen atoms in total. The van der Waals surface area contributed by atoms with E-state index < -0.39 is 0 Å². The van der Waals surface area contributed by atoms with Gasteiger partial charge in [-0.15, -0.1) is 0 Å². The number of piperazine rings is 1. The van der Waals surface area contributed by atoms with Gasteiger partial charge in [-0.05, 0) is 55.5 Å². The molecule has 5 heteroatoms. The van der Waals surface area contributed by atoms with E-state index >= 15 is 0 Å². The van der Waals surface area contributed by atoms with Crippen LogP contribution in [0.15, 0.2) is 78.9 Å². The van der Waals surface area contributed by atoms with Gasteiger partial charge in [-0.25, -0.2) is 0 Å². The summed E-state index contributed by atoms with van der Waals surface area (Å²) in [6.07, 6.45) is 0. The first-order valence-corrected chi connectivity index (χ1v) is 11.0. The maximum absolute atomic E-state index is 12.5. The van der Waals surface area contributed by atoms with Gasteiger partial charge in [0.2, 0.25) is 0 Å². The van der Waals surface area contributed by atoms with E-state index in [1.54, 1.807) is 17.0 Å². The number of hydrogen-bond donors (Lipinski definition) is 2. The lowest BCUT2D eigenvalue weighted by Gasteiger charge is -2.33. The molecule has 1 saturated heterocycles. The lowest BCUT2D eigenvalue weighted by molar-refractivity contribution is -0.914. The first kappa shape index (κ1) is 20.9. The third-order valence-electron chi connectivity index (χ3n) is 5.69. The Labute approximate surface area is 184 Å². The fraction of sp³-hybridized carbons (Fsp3) is 0.269. The molecule has 0 aliphatic carbocycles. The van der Waals surface area contributed by atoms with Crippen LogP contribution in [0.25, 0.3) is 0 Å². The van der Waals surface area contributed by atoms with E-state index in [1.807, 2.05) is 31.2 Å². The summed E-state index contributed by atoms with van der Waals surface area (Å²) in [5.41, 5.74) is 4.03. The van der Waals surface area contributed by atoms with Gasteiger partial charge in [0, 0.05) is 22.5 Å². The molecule has 0 radical (unpaired) electrons. The van der Waals surface area contributed by atoms with Crippen LogP contribution in [0.4, 0.5) is 11.4 Å². The van der Waals surface area contributed by atoms with Crippen molar-refractivity contribution in [2.45, 2.75) is 13.5 Å². The van der Waals surface area contributed by atoms with Crippen LogP contribution in [0.2, 0.25) is 0 Å². The molecule has 4 rings (SSSR count). The molecule has 0 unspecified atom stereocenters. The standard InChI is InChI=1S/C26H29N3O2/c1-2-31-25-14-8-22(9-15-25)26(30)27-23-10-12-24(13-11-23)29-18-16-28(17-19-29)20-21-6-4-3-5-7-21/h3-15H,2,16-20H2,1H3,(H,27,30)/p+1. The van der Waals surface area contributed by atoms with Crippen molar-refractivity contribution in [3.63, 3.8) is 0 Å². The zero-order chi connectivity index (χ0) is 21.5. The Morgan fingerprint density at radius 2 is 1.61 bits per heavy atom. The molecule has 3 aromatic carbocycles. The first-order chi connectivity index (χ1) is 15.2. The van der Waals surface area contributed by atoms with Crippen molar-refractivity contribution < 1.29 is 14.4 Å². The number of nitrogens with zero attached hydrogens (tertiary/aromatic N) is 1. The molecule has 0 atom stereocenters. The fourth-order valence-corrected chi connectivity index (χ4v) is 3.97. The largest absolute Gasteiger partial charge is 0.494 e. The van der Waals surface area contributed by atoms with Crippen LogP contribution in [0.5, 0.6) is 5.75 Å². The molecule has 0 saturated carbocycles. The SMILES string of the molecule is CCOc1ccc(C(=O)Nc2ccc(N3CC[NH+](Cc4ccccc4)CC3)cc2)cc1. The highest BCUT2D eigenvalue weighted by molar-refractivity contribution is 6.04. The van der Waals surface area contributed by atoms with Crippen molar-refractivity contribution >= 4 is 17.3 Å². The molecule has 3 aromatic rings. The van der Waals surface area contributed by atoms with Crippen LogP contribution < -0.4 is 19.9 Å². The average molecular weight is 417 g/mol. The van der Waals surface area contributed by atoms with Gasteiger partial charge in [0.05, 0.1) is 32.8 Å². The normalized spacial score (nSPS) is 14.3. The average Bonchev–Trinajstić information content (AvgIpc) is 2.81. The fourth-order valence-electron chi connectivity index (χ4n) is 3.97. The van der Waals surface area contributed by atoms with E-state index in [2.05, 4.69) is 52.7 Å². The summed E-state index contributed by atoms with van der Waals surface area (Å²) >= 11 is 0. The number of hydrogen-bond acceptors (Lipinski definition) is 3. The number of ether oxygens (including phenoxy) is 1. The Morgan fingerprint density at radius 1 is 0.935 bits per heavy atom. The highest BCUT2D eigenvalue weighted by Crippen LogP contribution is 2.19. The number of quaternary nitrogens is 1. The summed E-state index contributed by atoms with van der Waals surface area (Å²) in [6.45, 7) is 7.99. The minimum Gasteiger partial charge on any atom is -0.494 e. The van der Waals surface area contributed by atoms with Gasteiger partial charge < -0.3 is 19.9 Å². The molecule has 0 spiro atoms. The molecule has 0 aromatic heterocycles. The van der Waals surface area contributed by atoms with Gasteiger partial charge in [0.15, 0.2) is 0 Å². The number of benzene rings is 3. The van der Waals surface area contributed by atoms with Gasteiger partial charge in [-0.2, -0.15) is 0 Å². The Morgan fingerprint density at radius 3 is 2.26 bits per heavy atom. The zero-order valence-corrected chi connectivity index (χ0v) is 18.0. The number of carbonyl (C=O) groups excluding carboxylic acids is 1. The van der Waals surface area contributed by atoms with Crippen molar-refractivity contribution in [2.24, 2.45) is 0 Å². The molecule has 1 fully saturated rings. The number of carbonyl (C=O) groups is 1. The van der Waals surface area contributed by atoms with Crippen LogP contribution in [0.1, 0.15) is 22.8 Å². The van der Waals surface area contributed by atoms with E-state index in [4.69, 9.17) is 4.74 Å². The van der Waals surface area contributed by atoms with Gasteiger partial charge in [-0.1, -0.05) is 30.3 Å². The summed E-state index contributed by atoms with van der Waals surface area (Å²) in [5, 5.41) is 2.97. The predicted octanol–water partition coefficient (Wildman–Crippen LogP) is 3.24. The van der Waals surface area contributed by atoms with Gasteiger partial charge >= 0.3 is 0 Å². The maximum atomic E-state index is 12.5. The molecule has 1 heterocycles. The first-order valence-electron chi connectivity index (χ1n) is 11.0. The van der Waals surface area contributed by atoms with Crippen molar-refractivity contribution in [1.82, 2.24) is 0 Å². The monoisotopic (exact) mass is 416 g/mol. The summed E-state index contributed by atoms with van der Waals surface area (Å²) in [6, 6.07) is 26.1. The second-order valence-corrected chi connectivity index (χ2v) is 7.86. The van der Waals surface area contributed by atoms with Crippen LogP contribution in [-0.4, -0.2) is 38.7 Å². The van der Waals surface area contributed by atoms with Crippen molar-refractivity contribution in [3.8, 4) is 5.75 Å². The Kier molecular flexibility index (Phi) is 6.85. The van der Waals surface area contributed by atoms with Crippen LogP contribution in [0.3, 0.4) is 0 Å². The number of rotatable bonds is 7. The Hall–Kier alpha value is -3.31. The Bertz CT molecular complexity index is 964. The molecule has 1 amide bonds.